The number of hydrogen-bond acceptors (Lipinski definition) is 9. The molecule has 0 aliphatic heterocycles. The first-order valence-electron chi connectivity index (χ1n) is 42.1. The quantitative estimate of drug-likeness (QED) is 0.0275. The van der Waals surface area contributed by atoms with E-state index in [-0.39, 0.29) is 50.9 Å². The SMILES string of the molecule is [3H]P([B])I.[B]N=P.[C-]#[N+]C(C#N)=c1c(F)c(F)c(=C(C#N)[N+]#[C-])c(F)c1F.[CH3-].[Li+].[Li+].[O-]c1cccc2ccc[nH+]c12.c1ccc(-n2c(-c3cc(-c4nc5ccccc5n4-c4ccccc4)cc(-c4nc5ccccc5n4-c4ccccc4)c3)nc3ccccc32)cc1.c1ccc(N(c2ccc(-c3ccc(N(c4ccccc4)c4cccc5ccccc45)cc3)cc2)c2cccc3ccccc23)cc1. The predicted molar refractivity (Wildman–Crippen MR) is 551 cm³/mol. The van der Waals surface area contributed by atoms with Crippen LogP contribution in [0.1, 0.15) is 0 Å². The Morgan fingerprint density at radius 1 is 0.409 bits per heavy atom. The van der Waals surface area contributed by atoms with Crippen molar-refractivity contribution < 1.29 is 65.4 Å². The smallest absolute Gasteiger partial charge is 0.868 e. The third-order valence-electron chi connectivity index (χ3n) is 21.9. The van der Waals surface area contributed by atoms with Gasteiger partial charge in [-0.2, -0.15) is 0 Å². The number of fused-ring (bicyclic) bond motifs is 6. The average molecular weight is 1920 g/mol. The van der Waals surface area contributed by atoms with Crippen molar-refractivity contribution in [2.45, 2.75) is 0 Å². The van der Waals surface area contributed by atoms with Gasteiger partial charge >= 0.3 is 37.7 Å². The third-order valence-corrected chi connectivity index (χ3v) is 21.9. The number of imidazole rings is 3. The molecule has 0 fully saturated rings. The molecule has 15 nitrogen and oxygen atoms in total. The van der Waals surface area contributed by atoms with Gasteiger partial charge in [0.15, 0.2) is 29.5 Å². The molecule has 1 N–H and O–H groups in total. The van der Waals surface area contributed by atoms with Crippen LogP contribution in [0, 0.1) is 66.5 Å². The second kappa shape index (κ2) is 46.9. The van der Waals surface area contributed by atoms with Gasteiger partial charge in [0.1, 0.15) is 25.0 Å². The molecule has 0 spiro atoms. The first-order valence-corrected chi connectivity index (χ1v) is 45.9. The summed E-state index contributed by atoms with van der Waals surface area (Å²) in [7, 11) is 11.8. The maximum atomic E-state index is 13.6. The Labute approximate surface area is 834 Å². The van der Waals surface area contributed by atoms with Crippen LogP contribution in [0.4, 0.5) is 51.7 Å². The Kier molecular flexibility index (Phi) is 33.4. The Bertz CT molecular complexity index is 7600. The normalized spacial score (nSPS) is 10.6. The van der Waals surface area contributed by atoms with Gasteiger partial charge in [0, 0.05) is 78.7 Å². The number of nitrogens with zero attached hydrogens (tertiary/aromatic N) is 13. The number of para-hydroxylation sites is 12. The number of anilines is 6. The van der Waals surface area contributed by atoms with Gasteiger partial charge < -0.3 is 27.0 Å². The van der Waals surface area contributed by atoms with Crippen molar-refractivity contribution in [3.8, 4) is 80.2 Å². The molecular weight excluding hydrogens is 1850 g/mol. The first kappa shape index (κ1) is 97.5. The number of H-pyrrole nitrogens is 1. The van der Waals surface area contributed by atoms with Gasteiger partial charge in [-0.05, 0) is 200 Å². The minimum atomic E-state index is -2.01. The van der Waals surface area contributed by atoms with E-state index < -0.39 is 51.1 Å². The number of hydrogen-bond donors (Lipinski definition) is 0. The third kappa shape index (κ3) is 21.5. The summed E-state index contributed by atoms with van der Waals surface area (Å²) in [5.74, 6) is -5.47. The predicted octanol–water partition coefficient (Wildman–Crippen LogP) is 21.3. The fourth-order valence-corrected chi connectivity index (χ4v) is 16.1. The Balaban J connectivity index is 0.000000168. The molecule has 1 unspecified atom stereocenters. The monoisotopic (exact) mass is 1920 g/mol. The van der Waals surface area contributed by atoms with Crippen LogP contribution in [-0.4, -0.2) is 45.5 Å². The van der Waals surface area contributed by atoms with Gasteiger partial charge in [0.05, 0.1) is 81.5 Å². The summed E-state index contributed by atoms with van der Waals surface area (Å²) in [6.45, 7) is 13.0. The molecule has 0 aliphatic rings. The van der Waals surface area contributed by atoms with Gasteiger partial charge in [-0.1, -0.05) is 259 Å². The maximum absolute atomic E-state index is 13.6. The molecule has 21 rings (SSSR count). The van der Waals surface area contributed by atoms with Crippen molar-refractivity contribution in [2.75, 3.05) is 9.80 Å². The first-order chi connectivity index (χ1) is 66.1. The van der Waals surface area contributed by atoms with E-state index >= 15 is 0 Å². The van der Waals surface area contributed by atoms with Crippen LogP contribution >= 0.6 is 37.1 Å². The number of aromatic amines is 1. The van der Waals surface area contributed by atoms with Crippen molar-refractivity contribution in [3.63, 3.8) is 0 Å². The molecule has 4 heterocycles. The fourth-order valence-electron chi connectivity index (χ4n) is 16.1. The van der Waals surface area contributed by atoms with Crippen LogP contribution in [-0.2, 0) is 0 Å². The molecule has 0 aliphatic carbocycles. The second-order valence-electron chi connectivity index (χ2n) is 29.8. The van der Waals surface area contributed by atoms with E-state index in [1.54, 1.807) is 18.3 Å². The zero-order chi connectivity index (χ0) is 93.9. The number of benzene rings is 17. The molecular formula is C111H74B2F4ILi2N14OP2+. The van der Waals surface area contributed by atoms with Gasteiger partial charge in [-0.25, -0.2) is 57.7 Å². The van der Waals surface area contributed by atoms with E-state index in [0.717, 1.165) is 136 Å². The molecule has 0 saturated carbocycles. The molecule has 4 radical (unpaired) electrons. The van der Waals surface area contributed by atoms with Gasteiger partial charge in [0.2, 0.25) is 5.52 Å². The average Bonchev–Trinajstić information content (AvgIpc) is 1.64. The van der Waals surface area contributed by atoms with E-state index in [1.165, 1.54) is 32.7 Å². The zero-order valence-electron chi connectivity index (χ0n) is 75.0. The van der Waals surface area contributed by atoms with Gasteiger partial charge in [-0.3, -0.25) is 13.7 Å². The van der Waals surface area contributed by atoms with E-state index in [1.807, 2.05) is 76.6 Å². The summed E-state index contributed by atoms with van der Waals surface area (Å²) in [4.78, 5) is 28.4. The number of halogens is 5. The Morgan fingerprint density at radius 3 is 1.01 bits per heavy atom. The van der Waals surface area contributed by atoms with Gasteiger partial charge in [0.25, 0.3) is 19.4 Å². The minimum Gasteiger partial charge on any atom is -0.868 e. The molecule has 137 heavy (non-hydrogen) atoms. The molecule has 4 aromatic heterocycles. The van der Waals surface area contributed by atoms with Crippen molar-refractivity contribution in [2.24, 2.45) is 4.66 Å². The molecule has 17 aromatic carbocycles. The van der Waals surface area contributed by atoms with Crippen LogP contribution < -0.4 is 68.0 Å². The maximum Gasteiger partial charge on any atom is 1.00 e. The number of nitrogens with one attached hydrogen (secondary N) is 1. The Hall–Kier alpha value is -15.5. The van der Waals surface area contributed by atoms with Crippen LogP contribution in [0.15, 0.2) is 417 Å². The number of aromatic nitrogens is 7. The van der Waals surface area contributed by atoms with Crippen molar-refractivity contribution in [1.29, 1.82) is 11.8 Å². The number of pyridine rings is 1. The summed E-state index contributed by atoms with van der Waals surface area (Å²) in [5.41, 5.74) is 19.4. The van der Waals surface area contributed by atoms with E-state index in [0.29, 0.717) is 5.52 Å². The summed E-state index contributed by atoms with van der Waals surface area (Å²) >= 11 is 1.85. The van der Waals surface area contributed by atoms with E-state index in [4.69, 9.17) is 47.5 Å². The van der Waals surface area contributed by atoms with E-state index in [9.17, 15) is 22.7 Å². The molecule has 26 heteroatoms. The summed E-state index contributed by atoms with van der Waals surface area (Å²) in [6.07, 6.45) is 1.75. The topological polar surface area (TPSA) is 166 Å². The molecule has 21 aromatic rings. The van der Waals surface area contributed by atoms with Crippen LogP contribution in [0.2, 0.25) is 0 Å². The minimum absolute atomic E-state index is 0. The van der Waals surface area contributed by atoms with E-state index in [2.05, 4.69) is 400 Å². The molecule has 1 atom stereocenters. The fraction of sp³-hybridized carbons (Fsp3) is 0. The zero-order valence-corrected chi connectivity index (χ0v) is 78.0. The second-order valence-corrected chi connectivity index (χ2v) is 31.9. The molecule has 0 saturated heterocycles. The molecule has 0 amide bonds. The molecule has 646 valence electrons. The van der Waals surface area contributed by atoms with Crippen LogP contribution in [0.5, 0.6) is 5.75 Å². The van der Waals surface area contributed by atoms with Crippen molar-refractivity contribution >= 4 is 164 Å². The van der Waals surface area contributed by atoms with Crippen LogP contribution in [0.3, 0.4) is 0 Å². The summed E-state index contributed by atoms with van der Waals surface area (Å²) in [5, 5.41) is 31.1. The number of nitriles is 2. The summed E-state index contributed by atoms with van der Waals surface area (Å²) < 4.78 is 70.5. The van der Waals surface area contributed by atoms with Gasteiger partial charge in [-0.15, -0.1) is 6.05 Å². The van der Waals surface area contributed by atoms with Crippen molar-refractivity contribution in [1.82, 2.24) is 28.7 Å². The van der Waals surface area contributed by atoms with Crippen LogP contribution in [0.25, 0.3) is 149 Å². The summed E-state index contributed by atoms with van der Waals surface area (Å²) in [6, 6.07) is 142. The number of rotatable bonds is 13. The van der Waals surface area contributed by atoms with Crippen molar-refractivity contribution in [3.05, 3.63) is 477 Å². The largest absolute Gasteiger partial charge is 1.00 e. The Morgan fingerprint density at radius 2 is 0.686 bits per heavy atom. The molecule has 0 bridgehead atoms. The standard InChI is InChI=1S/C45H30N6.C44H32N2.C12F4N4.C9H7NO.CH3.BHIP.BHNP.2Li/c1-4-16-34(17-5-1)49-40-25-13-10-22-37(40)46-43(49)31-28-32(44-47-38-23-11-14-26-41(38)50(44)35-18-6-2-7-19-35)30-33(29-31)45-48-39-24-12-15-27-42(39)51(45)36-20-8-3-9-21-36;1-3-17-37(18-4-1)45(43-23-11-15-35-13-7-9-21-41(35)43)39-29-25-33(26-30-39)34-27-31-40(32-28-34)46(38-19-5-2-6-20-38)44-24-12-16-36-14-8-10-22-42(36)44;1-19-5(3-17)7-9(13)11(15)8(6(4-18)20-2)12(16)10(7)14;11-8-5-1-3-7-4-2-6-10-9(7)8;;1-3-2;1-2-3;;/h1-30H;1-32H;;1-6,11H;1H3;2*3H;;/q;;;;-1;;;2*+1/i;;;;;3T;;;.